The van der Waals surface area contributed by atoms with Crippen molar-refractivity contribution in [2.75, 3.05) is 13.2 Å². The van der Waals surface area contributed by atoms with E-state index in [1.807, 2.05) is 55.2 Å². The van der Waals surface area contributed by atoms with Gasteiger partial charge in [0.25, 0.3) is 0 Å². The Morgan fingerprint density at radius 2 is 2.20 bits per heavy atom. The maximum absolute atomic E-state index is 6.45. The molecule has 0 aliphatic carbocycles. The molecule has 0 unspecified atom stereocenters. The summed E-state index contributed by atoms with van der Waals surface area (Å²) in [5.41, 5.74) is 2.14. The summed E-state index contributed by atoms with van der Waals surface area (Å²) in [7, 11) is 0. The Hall–Kier alpha value is -1.72. The summed E-state index contributed by atoms with van der Waals surface area (Å²) in [6.07, 6.45) is 1.83. The largest absolute Gasteiger partial charge is 0.492 e. The van der Waals surface area contributed by atoms with Crippen molar-refractivity contribution in [2.24, 2.45) is 4.99 Å². The fraction of sp³-hybridized carbons (Fsp3) is 0.368. The minimum atomic E-state index is -0.00906. The Labute approximate surface area is 157 Å². The zero-order chi connectivity index (χ0) is 17.4. The zero-order valence-corrected chi connectivity index (χ0v) is 15.8. The van der Waals surface area contributed by atoms with Crippen LogP contribution in [0.5, 0.6) is 5.75 Å². The van der Waals surface area contributed by atoms with Gasteiger partial charge in [-0.25, -0.2) is 0 Å². The summed E-state index contributed by atoms with van der Waals surface area (Å²) in [4.78, 5) is 11.9. The number of thioether (sulfide) groups is 1. The molecule has 3 heterocycles. The van der Waals surface area contributed by atoms with Crippen molar-refractivity contribution < 1.29 is 4.74 Å². The van der Waals surface area contributed by atoms with Gasteiger partial charge in [0.15, 0.2) is 5.17 Å². The van der Waals surface area contributed by atoms with E-state index >= 15 is 0 Å². The Morgan fingerprint density at radius 3 is 2.92 bits per heavy atom. The highest BCUT2D eigenvalue weighted by molar-refractivity contribution is 8.14. The highest BCUT2D eigenvalue weighted by Crippen LogP contribution is 2.48. The number of nitrogens with zero attached hydrogens (tertiary/aromatic N) is 3. The fourth-order valence-electron chi connectivity index (χ4n) is 3.45. The SMILES string of the molecule is CCOc1ccc([C@@H]2[C@H](c3ccccn3)N=C3S[C@H](C)CN32)cc1Cl. The molecule has 130 valence electrons. The predicted octanol–water partition coefficient (Wildman–Crippen LogP) is 4.72. The third kappa shape index (κ3) is 3.11. The first-order chi connectivity index (χ1) is 12.2. The van der Waals surface area contributed by atoms with Crippen LogP contribution in [0.25, 0.3) is 0 Å². The molecule has 1 saturated heterocycles. The van der Waals surface area contributed by atoms with Gasteiger partial charge in [0, 0.05) is 18.0 Å². The van der Waals surface area contributed by atoms with E-state index in [0.717, 1.165) is 28.7 Å². The summed E-state index contributed by atoms with van der Waals surface area (Å²) < 4.78 is 5.58. The zero-order valence-electron chi connectivity index (χ0n) is 14.2. The first kappa shape index (κ1) is 16.7. The molecule has 2 aliphatic rings. The number of pyridine rings is 1. The average molecular weight is 374 g/mol. The molecule has 1 aromatic carbocycles. The lowest BCUT2D eigenvalue weighted by atomic mass is 9.96. The van der Waals surface area contributed by atoms with Crippen LogP contribution in [0.3, 0.4) is 0 Å². The normalized spacial score (nSPS) is 25.0. The summed E-state index contributed by atoms with van der Waals surface area (Å²) >= 11 is 8.29. The Kier molecular flexibility index (Phi) is 4.61. The van der Waals surface area contributed by atoms with Crippen LogP contribution >= 0.6 is 23.4 Å². The number of fused-ring (bicyclic) bond motifs is 1. The number of aliphatic imine (C=N–C) groups is 1. The van der Waals surface area contributed by atoms with Crippen LogP contribution in [0.15, 0.2) is 47.6 Å². The highest BCUT2D eigenvalue weighted by atomic mass is 35.5. The highest BCUT2D eigenvalue weighted by Gasteiger charge is 2.43. The smallest absolute Gasteiger partial charge is 0.160 e. The molecule has 3 atom stereocenters. The molecule has 2 aliphatic heterocycles. The van der Waals surface area contributed by atoms with Crippen LogP contribution in [0.4, 0.5) is 0 Å². The van der Waals surface area contributed by atoms with Gasteiger partial charge in [-0.05, 0) is 36.8 Å². The number of halogens is 1. The van der Waals surface area contributed by atoms with Crippen molar-refractivity contribution in [3.63, 3.8) is 0 Å². The number of aromatic nitrogens is 1. The molecule has 0 amide bonds. The van der Waals surface area contributed by atoms with E-state index < -0.39 is 0 Å². The Bertz CT molecular complexity index is 799. The Morgan fingerprint density at radius 1 is 1.32 bits per heavy atom. The molecular weight excluding hydrogens is 354 g/mol. The minimum absolute atomic E-state index is 0.00906. The van der Waals surface area contributed by atoms with Crippen LogP contribution in [0.2, 0.25) is 5.02 Å². The van der Waals surface area contributed by atoms with E-state index in [1.165, 1.54) is 0 Å². The molecule has 4 nitrogen and oxygen atoms in total. The van der Waals surface area contributed by atoms with Gasteiger partial charge in [-0.15, -0.1) is 0 Å². The Balaban J connectivity index is 1.73. The van der Waals surface area contributed by atoms with Gasteiger partial charge in [0.1, 0.15) is 11.8 Å². The van der Waals surface area contributed by atoms with E-state index in [2.05, 4.69) is 22.9 Å². The number of ether oxygens (including phenoxy) is 1. The molecule has 4 rings (SSSR count). The quantitative estimate of drug-likeness (QED) is 0.776. The first-order valence-corrected chi connectivity index (χ1v) is 9.77. The first-order valence-electron chi connectivity index (χ1n) is 8.51. The van der Waals surface area contributed by atoms with E-state index in [0.29, 0.717) is 16.9 Å². The van der Waals surface area contributed by atoms with Gasteiger partial charge in [0.05, 0.1) is 23.4 Å². The third-order valence-electron chi connectivity index (χ3n) is 4.48. The molecule has 6 heteroatoms. The lowest BCUT2D eigenvalue weighted by Crippen LogP contribution is -2.28. The minimum Gasteiger partial charge on any atom is -0.492 e. The number of hydrogen-bond acceptors (Lipinski definition) is 5. The summed E-state index contributed by atoms with van der Waals surface area (Å²) in [5, 5.41) is 2.30. The molecule has 0 saturated carbocycles. The second-order valence-corrected chi connectivity index (χ2v) is 8.07. The summed E-state index contributed by atoms with van der Waals surface area (Å²) in [6, 6.07) is 12.2. The van der Waals surface area contributed by atoms with Crippen LogP contribution < -0.4 is 4.74 Å². The molecule has 1 aromatic heterocycles. The number of rotatable bonds is 4. The lowest BCUT2D eigenvalue weighted by Gasteiger charge is -2.27. The van der Waals surface area contributed by atoms with E-state index in [9.17, 15) is 0 Å². The maximum Gasteiger partial charge on any atom is 0.160 e. The maximum atomic E-state index is 6.45. The van der Waals surface area contributed by atoms with E-state index in [1.54, 1.807) is 0 Å². The number of benzene rings is 1. The lowest BCUT2D eigenvalue weighted by molar-refractivity contribution is 0.319. The van der Waals surface area contributed by atoms with E-state index in [-0.39, 0.29) is 12.1 Å². The molecule has 2 aromatic rings. The number of hydrogen-bond donors (Lipinski definition) is 0. The second kappa shape index (κ2) is 6.89. The van der Waals surface area contributed by atoms with Crippen molar-refractivity contribution in [3.05, 3.63) is 58.9 Å². The van der Waals surface area contributed by atoms with Gasteiger partial charge < -0.3 is 9.64 Å². The van der Waals surface area contributed by atoms with Crippen molar-refractivity contribution in [1.29, 1.82) is 0 Å². The number of amidine groups is 1. The van der Waals surface area contributed by atoms with Gasteiger partial charge >= 0.3 is 0 Å². The van der Waals surface area contributed by atoms with Gasteiger partial charge in [-0.2, -0.15) is 0 Å². The third-order valence-corrected chi connectivity index (χ3v) is 5.88. The van der Waals surface area contributed by atoms with Crippen LogP contribution in [0.1, 0.15) is 37.2 Å². The van der Waals surface area contributed by atoms with Gasteiger partial charge in [-0.1, -0.05) is 42.4 Å². The monoisotopic (exact) mass is 373 g/mol. The molecule has 0 bridgehead atoms. The van der Waals surface area contributed by atoms with Crippen LogP contribution in [-0.4, -0.2) is 33.5 Å². The summed E-state index contributed by atoms with van der Waals surface area (Å²) in [5.74, 6) is 0.727. The van der Waals surface area contributed by atoms with Crippen molar-refractivity contribution >= 4 is 28.5 Å². The standard InChI is InChI=1S/C19H20ClN3OS/c1-3-24-16-8-7-13(10-14(16)20)18-17(15-6-4-5-9-21-15)22-19-23(18)11-12(2)25-19/h4-10,12,17-18H,3,11H2,1-2H3/t12-,17+,18-/m1/s1. The van der Waals surface area contributed by atoms with Crippen LogP contribution in [-0.2, 0) is 0 Å². The second-order valence-electron chi connectivity index (χ2n) is 6.26. The molecular formula is C19H20ClN3OS. The van der Waals surface area contributed by atoms with Crippen molar-refractivity contribution in [1.82, 2.24) is 9.88 Å². The van der Waals surface area contributed by atoms with Gasteiger partial charge in [-0.3, -0.25) is 9.98 Å². The molecule has 25 heavy (non-hydrogen) atoms. The van der Waals surface area contributed by atoms with Crippen molar-refractivity contribution in [2.45, 2.75) is 31.2 Å². The van der Waals surface area contributed by atoms with Gasteiger partial charge in [0.2, 0.25) is 0 Å². The molecule has 1 fully saturated rings. The summed E-state index contributed by atoms with van der Waals surface area (Å²) in [6.45, 7) is 5.79. The fourth-order valence-corrected chi connectivity index (χ4v) is 4.79. The molecule has 0 N–H and O–H groups in total. The topological polar surface area (TPSA) is 37.7 Å². The predicted molar refractivity (Wildman–Crippen MR) is 104 cm³/mol. The molecule has 0 radical (unpaired) electrons. The van der Waals surface area contributed by atoms with E-state index in [4.69, 9.17) is 21.3 Å². The van der Waals surface area contributed by atoms with Crippen molar-refractivity contribution in [3.8, 4) is 5.75 Å². The van der Waals surface area contributed by atoms with Crippen LogP contribution in [0, 0.1) is 0 Å². The molecule has 0 spiro atoms. The average Bonchev–Trinajstić information content (AvgIpc) is 3.13.